The normalized spacial score (nSPS) is 7.69. The number of hydrogen-bond donors (Lipinski definition) is 0. The lowest BCUT2D eigenvalue weighted by molar-refractivity contribution is 1.70. The van der Waals surface area contributed by atoms with Crippen LogP contribution in [0, 0.1) is 49.4 Å². The smallest absolute Gasteiger partial charge is 0.0948 e. The molecule has 0 aliphatic heterocycles. The van der Waals surface area contributed by atoms with Gasteiger partial charge in [0.05, 0.1) is 20.9 Å². The third-order valence-electron chi connectivity index (χ3n) is 1.46. The zero-order valence-electron chi connectivity index (χ0n) is 6.72. The summed E-state index contributed by atoms with van der Waals surface area (Å²) >= 11 is 1.28. The second-order valence-electron chi connectivity index (χ2n) is 2.09. The van der Waals surface area contributed by atoms with E-state index in [1.54, 1.807) is 0 Å². The highest BCUT2D eigenvalue weighted by atomic mass is 32.1. The van der Waals surface area contributed by atoms with Gasteiger partial charge in [-0.2, -0.15) is 0 Å². The molecule has 1 heterocycles. The highest BCUT2D eigenvalue weighted by Crippen LogP contribution is 2.25. The fourth-order valence-corrected chi connectivity index (χ4v) is 1.76. The summed E-state index contributed by atoms with van der Waals surface area (Å²) in [4.78, 5) is 1.26. The van der Waals surface area contributed by atoms with E-state index in [1.165, 1.54) is 11.3 Å². The van der Waals surface area contributed by atoms with Crippen molar-refractivity contribution in [1.82, 2.24) is 0 Å². The van der Waals surface area contributed by atoms with Gasteiger partial charge in [-0.3, -0.25) is 0 Å². The first-order valence-corrected chi connectivity index (χ1v) is 4.13. The third-order valence-corrected chi connectivity index (χ3v) is 2.51. The van der Waals surface area contributed by atoms with E-state index in [2.05, 4.69) is 23.7 Å². The van der Waals surface area contributed by atoms with Crippen LogP contribution in [0.5, 0.6) is 0 Å². The first-order chi connectivity index (χ1) is 6.28. The van der Waals surface area contributed by atoms with Gasteiger partial charge < -0.3 is 0 Å². The first kappa shape index (κ1) is 9.03. The minimum atomic E-state index is 0.558. The van der Waals surface area contributed by atoms with Crippen molar-refractivity contribution in [2.75, 3.05) is 0 Å². The van der Waals surface area contributed by atoms with E-state index in [-0.39, 0.29) is 0 Å². The molecule has 0 fully saturated rings. The molecule has 1 aromatic rings. The fraction of sp³-hybridized carbons (Fsp3) is 0. The molecule has 0 radical (unpaired) electrons. The summed E-state index contributed by atoms with van der Waals surface area (Å²) in [5.74, 6) is 9.82. The average molecular weight is 180 g/mol. The Bertz CT molecular complexity index is 455. The second-order valence-corrected chi connectivity index (χ2v) is 3.11. The topological polar surface area (TPSA) is 0 Å². The van der Waals surface area contributed by atoms with E-state index >= 15 is 0 Å². The highest BCUT2D eigenvalue weighted by molar-refractivity contribution is 7.13. The van der Waals surface area contributed by atoms with Crippen LogP contribution in [-0.2, 0) is 0 Å². The van der Waals surface area contributed by atoms with Crippen LogP contribution in [0.25, 0.3) is 0 Å². The van der Waals surface area contributed by atoms with Crippen molar-refractivity contribution in [3.63, 3.8) is 0 Å². The molecule has 1 aromatic heterocycles. The third kappa shape index (κ3) is 1.30. The van der Waals surface area contributed by atoms with Crippen molar-refractivity contribution in [2.24, 2.45) is 0 Å². The lowest BCUT2D eigenvalue weighted by Crippen LogP contribution is -1.80. The van der Waals surface area contributed by atoms with Gasteiger partial charge in [0.1, 0.15) is 0 Å². The van der Waals surface area contributed by atoms with Crippen LogP contribution in [0.4, 0.5) is 0 Å². The van der Waals surface area contributed by atoms with Crippen LogP contribution in [0.3, 0.4) is 0 Å². The highest BCUT2D eigenvalue weighted by Gasteiger charge is 2.11. The standard InChI is InChI=1S/C12H4S/c1-5-9-10(6-2)12(8-4)13-11(9)7-3/h1-4H. The Morgan fingerprint density at radius 2 is 1.08 bits per heavy atom. The molecule has 1 rings (SSSR count). The van der Waals surface area contributed by atoms with Crippen molar-refractivity contribution < 1.29 is 0 Å². The van der Waals surface area contributed by atoms with Gasteiger partial charge in [0.2, 0.25) is 0 Å². The first-order valence-electron chi connectivity index (χ1n) is 3.31. The summed E-state index contributed by atoms with van der Waals surface area (Å²) in [7, 11) is 0. The fourth-order valence-electron chi connectivity index (χ4n) is 0.910. The lowest BCUT2D eigenvalue weighted by atomic mass is 10.1. The molecular weight excluding hydrogens is 176 g/mol. The number of terminal acetylenes is 4. The van der Waals surface area contributed by atoms with Crippen molar-refractivity contribution in [3.05, 3.63) is 20.9 Å². The summed E-state index contributed by atoms with van der Waals surface area (Å²) in [5.41, 5.74) is 1.12. The van der Waals surface area contributed by atoms with Crippen molar-refractivity contribution in [1.29, 1.82) is 0 Å². The monoisotopic (exact) mass is 180 g/mol. The summed E-state index contributed by atoms with van der Waals surface area (Å²) in [6.07, 6.45) is 21.0. The van der Waals surface area contributed by atoms with Crippen LogP contribution >= 0.6 is 11.3 Å². The molecule has 58 valence electrons. The minimum absolute atomic E-state index is 0.558. The number of rotatable bonds is 0. The molecule has 0 spiro atoms. The average Bonchev–Trinajstić information content (AvgIpc) is 2.54. The van der Waals surface area contributed by atoms with Gasteiger partial charge in [0.15, 0.2) is 0 Å². The summed E-state index contributed by atoms with van der Waals surface area (Å²) in [6, 6.07) is 0. The molecule has 0 aliphatic carbocycles. The van der Waals surface area contributed by atoms with Gasteiger partial charge in [-0.15, -0.1) is 37.0 Å². The minimum Gasteiger partial charge on any atom is -0.115 e. The van der Waals surface area contributed by atoms with Crippen LogP contribution < -0.4 is 0 Å². The van der Waals surface area contributed by atoms with Crippen molar-refractivity contribution >= 4 is 11.3 Å². The predicted molar refractivity (Wildman–Crippen MR) is 56.1 cm³/mol. The molecule has 13 heavy (non-hydrogen) atoms. The maximum Gasteiger partial charge on any atom is 0.0948 e. The maximum absolute atomic E-state index is 5.27. The Kier molecular flexibility index (Phi) is 2.47. The summed E-state index contributed by atoms with van der Waals surface area (Å²) in [5, 5.41) is 0. The van der Waals surface area contributed by atoms with Gasteiger partial charge in [-0.25, -0.2) is 0 Å². The van der Waals surface area contributed by atoms with Gasteiger partial charge in [-0.1, -0.05) is 23.7 Å². The second kappa shape index (κ2) is 3.56. The molecule has 0 nitrogen and oxygen atoms in total. The Labute approximate surface area is 82.0 Å². The van der Waals surface area contributed by atoms with Gasteiger partial charge in [0.25, 0.3) is 0 Å². The molecule has 0 saturated heterocycles. The molecule has 0 atom stereocenters. The molecule has 0 bridgehead atoms. The molecule has 1 heteroatoms. The molecule has 0 amide bonds. The molecular formula is C12H4S. The van der Waals surface area contributed by atoms with Gasteiger partial charge in [0, 0.05) is 0 Å². The van der Waals surface area contributed by atoms with Crippen molar-refractivity contribution in [3.8, 4) is 49.4 Å². The van der Waals surface area contributed by atoms with E-state index in [0.717, 1.165) is 0 Å². The summed E-state index contributed by atoms with van der Waals surface area (Å²) in [6.45, 7) is 0. The van der Waals surface area contributed by atoms with Crippen molar-refractivity contribution in [2.45, 2.75) is 0 Å². The molecule has 0 unspecified atom stereocenters. The quantitative estimate of drug-likeness (QED) is 0.533. The van der Waals surface area contributed by atoms with E-state index in [9.17, 15) is 0 Å². The van der Waals surface area contributed by atoms with E-state index in [0.29, 0.717) is 20.9 Å². The van der Waals surface area contributed by atoms with E-state index in [1.807, 2.05) is 0 Å². The lowest BCUT2D eigenvalue weighted by Gasteiger charge is -1.87. The Morgan fingerprint density at radius 1 is 0.692 bits per heavy atom. The molecule has 0 saturated carbocycles. The van der Waals surface area contributed by atoms with E-state index in [4.69, 9.17) is 25.7 Å². The Hall–Kier alpha value is -2.06. The van der Waals surface area contributed by atoms with E-state index < -0.39 is 0 Å². The molecule has 0 aliphatic rings. The SMILES string of the molecule is C#Cc1sc(C#C)c(C#C)c1C#C. The number of thiophene rings is 1. The van der Waals surface area contributed by atoms with Crippen LogP contribution in [-0.4, -0.2) is 0 Å². The number of hydrogen-bond acceptors (Lipinski definition) is 1. The zero-order chi connectivity index (χ0) is 9.84. The molecule has 0 aromatic carbocycles. The van der Waals surface area contributed by atoms with Crippen LogP contribution in [0.15, 0.2) is 0 Å². The maximum atomic E-state index is 5.27. The van der Waals surface area contributed by atoms with Crippen LogP contribution in [0.1, 0.15) is 20.9 Å². The Morgan fingerprint density at radius 3 is 1.31 bits per heavy atom. The largest absolute Gasteiger partial charge is 0.115 e. The van der Waals surface area contributed by atoms with Gasteiger partial charge in [-0.05, 0) is 0 Å². The predicted octanol–water partition coefficient (Wildman–Crippen LogP) is 1.67. The Balaban J connectivity index is 3.63. The van der Waals surface area contributed by atoms with Gasteiger partial charge >= 0.3 is 0 Å². The molecule has 0 N–H and O–H groups in total. The zero-order valence-corrected chi connectivity index (χ0v) is 7.53. The summed E-state index contributed by atoms with van der Waals surface area (Å²) < 4.78 is 0. The van der Waals surface area contributed by atoms with Crippen LogP contribution in [0.2, 0.25) is 0 Å².